The van der Waals surface area contributed by atoms with Crippen LogP contribution in [0.1, 0.15) is 29.5 Å². The van der Waals surface area contributed by atoms with Crippen LogP contribution in [0.5, 0.6) is 23.0 Å². The number of likely N-dealkylation sites (tertiary alicyclic amines) is 1. The predicted octanol–water partition coefficient (Wildman–Crippen LogP) is 4.34. The molecule has 0 saturated carbocycles. The smallest absolute Gasteiger partial charge is 0.227 e. The van der Waals surface area contributed by atoms with Gasteiger partial charge in [-0.25, -0.2) is 0 Å². The van der Waals surface area contributed by atoms with E-state index in [0.29, 0.717) is 49.8 Å². The molecule has 1 spiro atoms. The molecule has 200 valence electrons. The van der Waals surface area contributed by atoms with Crippen LogP contribution in [-0.2, 0) is 29.2 Å². The van der Waals surface area contributed by atoms with Crippen molar-refractivity contribution in [2.24, 2.45) is 0 Å². The lowest BCUT2D eigenvalue weighted by molar-refractivity contribution is -0.227. The number of carbonyl (C=O) groups excluding carboxylic acids is 1. The Hall–Kier alpha value is -3.75. The molecule has 2 aliphatic heterocycles. The number of benzene rings is 3. The Kier molecular flexibility index (Phi) is 7.44. The Bertz CT molecular complexity index is 1290. The first-order valence-electron chi connectivity index (χ1n) is 12.7. The van der Waals surface area contributed by atoms with Crippen molar-refractivity contribution >= 4 is 5.91 Å². The molecular formula is C30H33NO7. The van der Waals surface area contributed by atoms with Crippen LogP contribution < -0.4 is 18.9 Å². The third-order valence-electron chi connectivity index (χ3n) is 7.25. The molecule has 0 aliphatic carbocycles. The van der Waals surface area contributed by atoms with E-state index < -0.39 is 5.79 Å². The summed E-state index contributed by atoms with van der Waals surface area (Å²) in [5.74, 6) is 1.67. The minimum atomic E-state index is -0.728. The average molecular weight is 520 g/mol. The van der Waals surface area contributed by atoms with Crippen molar-refractivity contribution in [3.8, 4) is 34.1 Å². The predicted molar refractivity (Wildman–Crippen MR) is 142 cm³/mol. The summed E-state index contributed by atoms with van der Waals surface area (Å²) in [5, 5.41) is 9.45. The fourth-order valence-corrected chi connectivity index (χ4v) is 5.13. The summed E-state index contributed by atoms with van der Waals surface area (Å²) in [6, 6.07) is 17.6. The number of nitrogens with zero attached hydrogens (tertiary/aromatic N) is 1. The molecule has 8 nitrogen and oxygen atoms in total. The molecule has 8 heteroatoms. The minimum absolute atomic E-state index is 0.00945. The van der Waals surface area contributed by atoms with Crippen LogP contribution in [0.15, 0.2) is 54.6 Å². The molecule has 38 heavy (non-hydrogen) atoms. The molecule has 2 heterocycles. The van der Waals surface area contributed by atoms with Crippen molar-refractivity contribution in [1.29, 1.82) is 0 Å². The van der Waals surface area contributed by atoms with Gasteiger partial charge in [0, 0.05) is 31.5 Å². The lowest BCUT2D eigenvalue weighted by Gasteiger charge is -2.44. The van der Waals surface area contributed by atoms with E-state index in [2.05, 4.69) is 6.07 Å². The van der Waals surface area contributed by atoms with Crippen molar-refractivity contribution in [3.63, 3.8) is 0 Å². The van der Waals surface area contributed by atoms with Gasteiger partial charge in [-0.15, -0.1) is 0 Å². The number of aliphatic hydroxyl groups is 1. The van der Waals surface area contributed by atoms with Crippen LogP contribution in [-0.4, -0.2) is 56.1 Å². The fourth-order valence-electron chi connectivity index (χ4n) is 5.13. The van der Waals surface area contributed by atoms with Gasteiger partial charge >= 0.3 is 0 Å². The molecular weight excluding hydrogens is 486 g/mol. The fraction of sp³-hybridized carbons (Fsp3) is 0.367. The van der Waals surface area contributed by atoms with Crippen LogP contribution in [0.25, 0.3) is 11.1 Å². The number of hydrogen-bond acceptors (Lipinski definition) is 7. The van der Waals surface area contributed by atoms with E-state index in [1.54, 1.807) is 21.3 Å². The molecule has 3 aromatic carbocycles. The van der Waals surface area contributed by atoms with Crippen molar-refractivity contribution in [2.75, 3.05) is 34.4 Å². The second-order valence-electron chi connectivity index (χ2n) is 9.57. The number of carbonyl (C=O) groups is 1. The monoisotopic (exact) mass is 519 g/mol. The summed E-state index contributed by atoms with van der Waals surface area (Å²) >= 11 is 0. The first-order chi connectivity index (χ1) is 18.5. The van der Waals surface area contributed by atoms with Crippen LogP contribution in [0.3, 0.4) is 0 Å². The zero-order valence-electron chi connectivity index (χ0n) is 22.0. The maximum absolute atomic E-state index is 13.1. The highest BCUT2D eigenvalue weighted by molar-refractivity contribution is 5.79. The third kappa shape index (κ3) is 5.14. The molecule has 0 atom stereocenters. The third-order valence-corrected chi connectivity index (χ3v) is 7.25. The largest absolute Gasteiger partial charge is 0.493 e. The highest BCUT2D eigenvalue weighted by Crippen LogP contribution is 2.40. The second kappa shape index (κ2) is 10.9. The number of ether oxygens (including phenoxy) is 5. The number of methoxy groups -OCH3 is 3. The second-order valence-corrected chi connectivity index (χ2v) is 9.57. The molecule has 1 N–H and O–H groups in total. The summed E-state index contributed by atoms with van der Waals surface area (Å²) in [6.07, 6.45) is 1.41. The molecule has 1 fully saturated rings. The standard InChI is InChI=1S/C30H33NO7/c1-34-26-14-21(15-27(35-2)29(26)36-3)16-28(33)31-11-9-30(10-12-31)37-19-24-17-23(7-8-25(24)38-30)22-6-4-5-20(13-22)18-32/h4-8,13-15,17,32H,9-12,16,18-19H2,1-3H3. The van der Waals surface area contributed by atoms with Gasteiger partial charge in [-0.1, -0.05) is 24.3 Å². The van der Waals surface area contributed by atoms with Gasteiger partial charge in [0.1, 0.15) is 5.75 Å². The van der Waals surface area contributed by atoms with Gasteiger partial charge in [-0.3, -0.25) is 4.79 Å². The zero-order chi connectivity index (χ0) is 26.7. The highest BCUT2D eigenvalue weighted by atomic mass is 16.7. The number of hydrogen-bond donors (Lipinski definition) is 1. The lowest BCUT2D eigenvalue weighted by Crippen LogP contribution is -2.52. The van der Waals surface area contributed by atoms with Crippen molar-refractivity contribution < 1.29 is 33.6 Å². The number of fused-ring (bicyclic) bond motifs is 1. The molecule has 1 amide bonds. The lowest BCUT2D eigenvalue weighted by atomic mass is 9.98. The van der Waals surface area contributed by atoms with Crippen LogP contribution in [0.2, 0.25) is 0 Å². The summed E-state index contributed by atoms with van der Waals surface area (Å²) in [4.78, 5) is 15.0. The number of rotatable bonds is 7. The van der Waals surface area contributed by atoms with Gasteiger partial charge < -0.3 is 33.7 Å². The topological polar surface area (TPSA) is 86.7 Å². The normalized spacial score (nSPS) is 15.9. The number of amides is 1. The van der Waals surface area contributed by atoms with E-state index in [0.717, 1.165) is 33.6 Å². The summed E-state index contributed by atoms with van der Waals surface area (Å²) in [5.41, 5.74) is 4.75. The molecule has 0 radical (unpaired) electrons. The van der Waals surface area contributed by atoms with E-state index in [9.17, 15) is 9.90 Å². The molecule has 3 aromatic rings. The van der Waals surface area contributed by atoms with Crippen LogP contribution in [0, 0.1) is 0 Å². The molecule has 0 bridgehead atoms. The first-order valence-corrected chi connectivity index (χ1v) is 12.7. The van der Waals surface area contributed by atoms with Crippen molar-refractivity contribution in [2.45, 2.75) is 38.3 Å². The Labute approximate surface area is 222 Å². The van der Waals surface area contributed by atoms with Gasteiger partial charge in [0.05, 0.1) is 41.0 Å². The van der Waals surface area contributed by atoms with E-state index in [1.807, 2.05) is 53.4 Å². The Balaban J connectivity index is 1.23. The van der Waals surface area contributed by atoms with Gasteiger partial charge in [0.15, 0.2) is 11.5 Å². The average Bonchev–Trinajstić information content (AvgIpc) is 2.96. The molecule has 1 saturated heterocycles. The van der Waals surface area contributed by atoms with E-state index >= 15 is 0 Å². The zero-order valence-corrected chi connectivity index (χ0v) is 22.0. The Morgan fingerprint density at radius 2 is 1.63 bits per heavy atom. The first kappa shape index (κ1) is 25.9. The summed E-state index contributed by atoms with van der Waals surface area (Å²) < 4.78 is 28.9. The quantitative estimate of drug-likeness (QED) is 0.497. The van der Waals surface area contributed by atoms with E-state index in [-0.39, 0.29) is 18.9 Å². The van der Waals surface area contributed by atoms with E-state index in [4.69, 9.17) is 23.7 Å². The van der Waals surface area contributed by atoms with Gasteiger partial charge in [0.2, 0.25) is 17.4 Å². The van der Waals surface area contributed by atoms with Crippen LogP contribution >= 0.6 is 0 Å². The van der Waals surface area contributed by atoms with Crippen molar-refractivity contribution in [1.82, 2.24) is 4.90 Å². The maximum atomic E-state index is 13.1. The Morgan fingerprint density at radius 1 is 0.921 bits per heavy atom. The summed E-state index contributed by atoms with van der Waals surface area (Å²) in [6.45, 7) is 1.55. The molecule has 0 aromatic heterocycles. The Morgan fingerprint density at radius 3 is 2.29 bits per heavy atom. The highest BCUT2D eigenvalue weighted by Gasteiger charge is 2.42. The molecule has 5 rings (SSSR count). The summed E-state index contributed by atoms with van der Waals surface area (Å²) in [7, 11) is 4.67. The SMILES string of the molecule is COc1cc(CC(=O)N2CCC3(CC2)OCc2cc(-c4cccc(CO)c4)ccc2O3)cc(OC)c1OC. The minimum Gasteiger partial charge on any atom is -0.493 e. The van der Waals surface area contributed by atoms with E-state index in [1.165, 1.54) is 0 Å². The van der Waals surface area contributed by atoms with Crippen molar-refractivity contribution in [3.05, 3.63) is 71.3 Å². The van der Waals surface area contributed by atoms with Gasteiger partial charge in [-0.2, -0.15) is 0 Å². The molecule has 0 unspecified atom stereocenters. The van der Waals surface area contributed by atoms with Gasteiger partial charge in [-0.05, 0) is 52.6 Å². The van der Waals surface area contributed by atoms with Crippen LogP contribution in [0.4, 0.5) is 0 Å². The maximum Gasteiger partial charge on any atom is 0.227 e. The molecule has 2 aliphatic rings. The number of piperidine rings is 1. The van der Waals surface area contributed by atoms with Gasteiger partial charge in [0.25, 0.3) is 0 Å². The number of aliphatic hydroxyl groups excluding tert-OH is 1.